The second kappa shape index (κ2) is 3.22. The molecule has 1 unspecified atom stereocenters. The molecule has 0 saturated carbocycles. The molecule has 0 radical (unpaired) electrons. The molecule has 1 heterocycles. The number of carbonyl (C=O) groups excluding carboxylic acids is 1. The first-order chi connectivity index (χ1) is 5.14. The molecule has 3 heteroatoms. The van der Waals surface area contributed by atoms with Gasteiger partial charge in [0.05, 0.1) is 5.60 Å². The SMILES string of the molecule is CC1(C)CC(NC=O)CCO1. The van der Waals surface area contributed by atoms with Gasteiger partial charge in [-0.3, -0.25) is 4.79 Å². The van der Waals surface area contributed by atoms with Crippen molar-refractivity contribution in [2.45, 2.75) is 38.3 Å². The van der Waals surface area contributed by atoms with Crippen LogP contribution in [0.2, 0.25) is 0 Å². The van der Waals surface area contributed by atoms with E-state index in [9.17, 15) is 4.79 Å². The Morgan fingerprint density at radius 3 is 2.91 bits per heavy atom. The van der Waals surface area contributed by atoms with Crippen molar-refractivity contribution in [1.29, 1.82) is 0 Å². The zero-order valence-corrected chi connectivity index (χ0v) is 7.09. The fourth-order valence-electron chi connectivity index (χ4n) is 1.47. The molecule has 0 aromatic rings. The van der Waals surface area contributed by atoms with E-state index in [1.54, 1.807) is 0 Å². The van der Waals surface area contributed by atoms with E-state index in [0.29, 0.717) is 6.04 Å². The van der Waals surface area contributed by atoms with Crippen LogP contribution in [-0.2, 0) is 9.53 Å². The Morgan fingerprint density at radius 1 is 1.64 bits per heavy atom. The predicted molar refractivity (Wildman–Crippen MR) is 42.3 cm³/mol. The molecule has 1 amide bonds. The smallest absolute Gasteiger partial charge is 0.207 e. The Bertz CT molecular complexity index is 145. The van der Waals surface area contributed by atoms with E-state index < -0.39 is 0 Å². The van der Waals surface area contributed by atoms with Crippen LogP contribution in [-0.4, -0.2) is 24.7 Å². The highest BCUT2D eigenvalue weighted by Gasteiger charge is 2.28. The highest BCUT2D eigenvalue weighted by atomic mass is 16.5. The van der Waals surface area contributed by atoms with Crippen LogP contribution >= 0.6 is 0 Å². The van der Waals surface area contributed by atoms with E-state index in [2.05, 4.69) is 5.32 Å². The van der Waals surface area contributed by atoms with E-state index in [4.69, 9.17) is 4.74 Å². The van der Waals surface area contributed by atoms with Gasteiger partial charge < -0.3 is 10.1 Å². The van der Waals surface area contributed by atoms with Gasteiger partial charge in [0.1, 0.15) is 0 Å². The van der Waals surface area contributed by atoms with Crippen molar-refractivity contribution in [3.05, 3.63) is 0 Å². The van der Waals surface area contributed by atoms with Gasteiger partial charge in [0, 0.05) is 12.6 Å². The van der Waals surface area contributed by atoms with Gasteiger partial charge in [-0.15, -0.1) is 0 Å². The zero-order chi connectivity index (χ0) is 8.32. The molecule has 64 valence electrons. The van der Waals surface area contributed by atoms with Crippen LogP contribution in [0.15, 0.2) is 0 Å². The molecular weight excluding hydrogens is 142 g/mol. The minimum absolute atomic E-state index is 0.0705. The Hall–Kier alpha value is -0.570. The maximum Gasteiger partial charge on any atom is 0.207 e. The van der Waals surface area contributed by atoms with Gasteiger partial charge in [0.25, 0.3) is 0 Å². The Labute approximate surface area is 67.1 Å². The van der Waals surface area contributed by atoms with Crippen LogP contribution in [0, 0.1) is 0 Å². The number of ether oxygens (including phenoxy) is 1. The minimum Gasteiger partial charge on any atom is -0.375 e. The number of hydrogen-bond donors (Lipinski definition) is 1. The third kappa shape index (κ3) is 2.50. The van der Waals surface area contributed by atoms with E-state index in [-0.39, 0.29) is 5.60 Å². The van der Waals surface area contributed by atoms with E-state index >= 15 is 0 Å². The molecule has 1 aliphatic heterocycles. The Balaban J connectivity index is 2.39. The van der Waals surface area contributed by atoms with Crippen molar-refractivity contribution in [2.75, 3.05) is 6.61 Å². The predicted octanol–water partition coefficient (Wildman–Crippen LogP) is 0.690. The van der Waals surface area contributed by atoms with Gasteiger partial charge in [-0.2, -0.15) is 0 Å². The molecule has 3 nitrogen and oxygen atoms in total. The van der Waals surface area contributed by atoms with Crippen molar-refractivity contribution in [3.8, 4) is 0 Å². The summed E-state index contributed by atoms with van der Waals surface area (Å²) in [6.07, 6.45) is 2.61. The number of nitrogens with one attached hydrogen (secondary N) is 1. The summed E-state index contributed by atoms with van der Waals surface area (Å²) < 4.78 is 5.49. The van der Waals surface area contributed by atoms with Gasteiger partial charge in [-0.05, 0) is 26.7 Å². The summed E-state index contributed by atoms with van der Waals surface area (Å²) in [5, 5.41) is 2.78. The summed E-state index contributed by atoms with van der Waals surface area (Å²) in [4.78, 5) is 10.1. The topological polar surface area (TPSA) is 38.3 Å². The molecule has 1 saturated heterocycles. The van der Waals surface area contributed by atoms with Gasteiger partial charge in [-0.1, -0.05) is 0 Å². The molecule has 0 aromatic heterocycles. The van der Waals surface area contributed by atoms with E-state index in [1.807, 2.05) is 13.8 Å². The maximum absolute atomic E-state index is 10.1. The largest absolute Gasteiger partial charge is 0.375 e. The summed E-state index contributed by atoms with van der Waals surface area (Å²) in [7, 11) is 0. The second-order valence-electron chi connectivity index (χ2n) is 3.58. The van der Waals surface area contributed by atoms with Crippen molar-refractivity contribution in [3.63, 3.8) is 0 Å². The number of hydrogen-bond acceptors (Lipinski definition) is 2. The van der Waals surface area contributed by atoms with Crippen LogP contribution in [0.3, 0.4) is 0 Å². The van der Waals surface area contributed by atoms with Gasteiger partial charge >= 0.3 is 0 Å². The fourth-order valence-corrected chi connectivity index (χ4v) is 1.47. The summed E-state index contributed by atoms with van der Waals surface area (Å²) in [6, 6.07) is 0.302. The average Bonchev–Trinajstić information content (AvgIpc) is 1.85. The first-order valence-electron chi connectivity index (χ1n) is 3.98. The number of rotatable bonds is 2. The standard InChI is InChI=1S/C8H15NO2/c1-8(2)5-7(9-6-10)3-4-11-8/h6-7H,3-5H2,1-2H3,(H,9,10). The fraction of sp³-hybridized carbons (Fsp3) is 0.875. The first kappa shape index (κ1) is 8.53. The average molecular weight is 157 g/mol. The lowest BCUT2D eigenvalue weighted by Crippen LogP contribution is -2.43. The highest BCUT2D eigenvalue weighted by molar-refractivity contribution is 5.46. The van der Waals surface area contributed by atoms with Crippen molar-refractivity contribution < 1.29 is 9.53 Å². The van der Waals surface area contributed by atoms with Crippen molar-refractivity contribution in [1.82, 2.24) is 5.32 Å². The summed E-state index contributed by atoms with van der Waals surface area (Å²) in [6.45, 7) is 4.84. The quantitative estimate of drug-likeness (QED) is 0.599. The van der Waals surface area contributed by atoms with Crippen molar-refractivity contribution >= 4 is 6.41 Å². The van der Waals surface area contributed by atoms with E-state index in [0.717, 1.165) is 25.9 Å². The molecule has 0 aromatic carbocycles. The molecule has 1 rings (SSSR count). The normalized spacial score (nSPS) is 29.5. The third-order valence-electron chi connectivity index (χ3n) is 2.00. The van der Waals surface area contributed by atoms with Crippen LogP contribution < -0.4 is 5.32 Å². The minimum atomic E-state index is -0.0705. The number of amides is 1. The van der Waals surface area contributed by atoms with Gasteiger partial charge in [0.2, 0.25) is 6.41 Å². The molecule has 1 fully saturated rings. The summed E-state index contributed by atoms with van der Waals surface area (Å²) in [5.41, 5.74) is -0.0705. The molecule has 0 aliphatic carbocycles. The second-order valence-corrected chi connectivity index (χ2v) is 3.58. The third-order valence-corrected chi connectivity index (χ3v) is 2.00. The summed E-state index contributed by atoms with van der Waals surface area (Å²) >= 11 is 0. The lowest BCUT2D eigenvalue weighted by molar-refractivity contribution is -0.112. The maximum atomic E-state index is 10.1. The molecule has 1 N–H and O–H groups in total. The lowest BCUT2D eigenvalue weighted by Gasteiger charge is -2.35. The Morgan fingerprint density at radius 2 is 2.36 bits per heavy atom. The molecule has 0 bridgehead atoms. The summed E-state index contributed by atoms with van der Waals surface area (Å²) in [5.74, 6) is 0. The molecule has 1 aliphatic rings. The van der Waals surface area contributed by atoms with Crippen molar-refractivity contribution in [2.24, 2.45) is 0 Å². The molecule has 11 heavy (non-hydrogen) atoms. The highest BCUT2D eigenvalue weighted by Crippen LogP contribution is 2.23. The van der Waals surface area contributed by atoms with Gasteiger partial charge in [0.15, 0.2) is 0 Å². The lowest BCUT2D eigenvalue weighted by atomic mass is 9.94. The molecular formula is C8H15NO2. The van der Waals surface area contributed by atoms with E-state index in [1.165, 1.54) is 0 Å². The molecule has 1 atom stereocenters. The van der Waals surface area contributed by atoms with Crippen LogP contribution in [0.5, 0.6) is 0 Å². The van der Waals surface area contributed by atoms with Gasteiger partial charge in [-0.25, -0.2) is 0 Å². The van der Waals surface area contributed by atoms with Crippen LogP contribution in [0.25, 0.3) is 0 Å². The van der Waals surface area contributed by atoms with Crippen LogP contribution in [0.4, 0.5) is 0 Å². The number of carbonyl (C=O) groups is 1. The van der Waals surface area contributed by atoms with Crippen LogP contribution in [0.1, 0.15) is 26.7 Å². The zero-order valence-electron chi connectivity index (χ0n) is 7.09. The monoisotopic (exact) mass is 157 g/mol. The Kier molecular flexibility index (Phi) is 2.49. The molecule has 0 spiro atoms. The first-order valence-corrected chi connectivity index (χ1v) is 3.98.